The number of hydrogen-bond acceptors (Lipinski definition) is 6. The van der Waals surface area contributed by atoms with Crippen molar-refractivity contribution in [1.82, 2.24) is 5.32 Å². The van der Waals surface area contributed by atoms with Gasteiger partial charge in [-0.3, -0.25) is 4.79 Å². The first-order chi connectivity index (χ1) is 24.0. The molecule has 0 radical (unpaired) electrons. The summed E-state index contributed by atoms with van der Waals surface area (Å²) >= 11 is 0. The number of nitrogens with one attached hydrogen (secondary N) is 2. The summed E-state index contributed by atoms with van der Waals surface area (Å²) in [6, 6.07) is 38.0. The van der Waals surface area contributed by atoms with Gasteiger partial charge in [0.05, 0.1) is 6.61 Å². The van der Waals surface area contributed by atoms with Crippen molar-refractivity contribution in [2.45, 2.75) is 37.3 Å². The van der Waals surface area contributed by atoms with E-state index in [4.69, 9.17) is 9.47 Å². The van der Waals surface area contributed by atoms with E-state index in [1.165, 1.54) is 0 Å². The molecule has 2 aliphatic carbocycles. The van der Waals surface area contributed by atoms with Gasteiger partial charge in [-0.05, 0) is 68.6 Å². The number of alkyl carbamates (subject to hydrolysis) is 1. The van der Waals surface area contributed by atoms with Crippen LogP contribution in [0.15, 0.2) is 121 Å². The summed E-state index contributed by atoms with van der Waals surface area (Å²) in [5.74, 6) is -1.27. The monoisotopic (exact) mass is 652 g/mol. The summed E-state index contributed by atoms with van der Waals surface area (Å²) in [6.07, 6.45) is -0.817. The van der Waals surface area contributed by atoms with Crippen LogP contribution < -0.4 is 10.6 Å². The fourth-order valence-corrected chi connectivity index (χ4v) is 6.93. The number of benzene rings is 5. The Balaban J connectivity index is 1.04. The lowest BCUT2D eigenvalue weighted by Gasteiger charge is -2.21. The molecule has 0 unspecified atom stereocenters. The second kappa shape index (κ2) is 14.2. The SMILES string of the molecule is O=C(CC[C@H](NC(=O)OCC1c2ccccc2-c2ccccc21)C(=O)OCC1c2ccccc2-c2ccccc21)Nc1ccc(CO)cc1. The van der Waals surface area contributed by atoms with E-state index in [2.05, 4.69) is 34.9 Å². The molecule has 0 saturated heterocycles. The summed E-state index contributed by atoms with van der Waals surface area (Å²) in [6.45, 7) is 0.0678. The Labute approximate surface area is 284 Å². The first-order valence-electron chi connectivity index (χ1n) is 16.5. The first kappa shape index (κ1) is 31.8. The molecule has 49 heavy (non-hydrogen) atoms. The standard InChI is InChI=1S/C41H36N2O6/c44-23-26-17-19-27(20-18-26)42-39(45)22-21-38(40(46)48-24-36-32-13-5-1-9-28(32)29-10-2-6-14-33(29)36)43-41(47)49-25-37-34-15-7-3-11-30(34)31-12-4-8-16-35(31)37/h1-20,36-38,44H,21-25H2,(H,42,45)(H,43,47)/t38-/m0/s1. The van der Waals surface area contributed by atoms with Gasteiger partial charge in [-0.2, -0.15) is 0 Å². The maximum absolute atomic E-state index is 13.6. The number of carbonyl (C=O) groups is 3. The van der Waals surface area contributed by atoms with Gasteiger partial charge in [-0.15, -0.1) is 0 Å². The van der Waals surface area contributed by atoms with Gasteiger partial charge in [0.1, 0.15) is 19.3 Å². The predicted octanol–water partition coefficient (Wildman–Crippen LogP) is 7.16. The zero-order chi connectivity index (χ0) is 33.7. The molecule has 0 spiro atoms. The summed E-state index contributed by atoms with van der Waals surface area (Å²) < 4.78 is 11.6. The van der Waals surface area contributed by atoms with E-state index in [-0.39, 0.29) is 50.4 Å². The molecule has 2 amide bonds. The minimum absolute atomic E-state index is 0.00141. The number of esters is 1. The first-order valence-corrected chi connectivity index (χ1v) is 16.5. The van der Waals surface area contributed by atoms with Gasteiger partial charge in [0.15, 0.2) is 0 Å². The number of ether oxygens (including phenoxy) is 2. The molecular formula is C41H36N2O6. The molecule has 246 valence electrons. The molecule has 0 heterocycles. The summed E-state index contributed by atoms with van der Waals surface area (Å²) in [5.41, 5.74) is 10.0. The van der Waals surface area contributed by atoms with Crippen LogP contribution in [0.1, 0.15) is 52.5 Å². The fraction of sp³-hybridized carbons (Fsp3) is 0.195. The molecule has 0 aromatic heterocycles. The van der Waals surface area contributed by atoms with Crippen LogP contribution in [0.5, 0.6) is 0 Å². The van der Waals surface area contributed by atoms with Crippen molar-refractivity contribution in [3.05, 3.63) is 149 Å². The number of amides is 2. The van der Waals surface area contributed by atoms with Crippen LogP contribution in [0.4, 0.5) is 10.5 Å². The zero-order valence-electron chi connectivity index (χ0n) is 26.8. The van der Waals surface area contributed by atoms with Crippen molar-refractivity contribution < 1.29 is 29.0 Å². The number of anilines is 1. The van der Waals surface area contributed by atoms with Crippen molar-refractivity contribution >= 4 is 23.7 Å². The highest BCUT2D eigenvalue weighted by atomic mass is 16.6. The molecule has 0 aliphatic heterocycles. The van der Waals surface area contributed by atoms with Crippen LogP contribution in [0, 0.1) is 0 Å². The lowest BCUT2D eigenvalue weighted by molar-refractivity contribution is -0.146. The minimum atomic E-state index is -1.12. The average molecular weight is 653 g/mol. The van der Waals surface area contributed by atoms with Crippen LogP contribution in [0.2, 0.25) is 0 Å². The largest absolute Gasteiger partial charge is 0.463 e. The van der Waals surface area contributed by atoms with Crippen molar-refractivity contribution in [1.29, 1.82) is 0 Å². The normalized spacial score (nSPS) is 13.4. The molecule has 7 rings (SSSR count). The summed E-state index contributed by atoms with van der Waals surface area (Å²) in [5, 5.41) is 14.8. The highest BCUT2D eigenvalue weighted by Crippen LogP contribution is 2.45. The number of fused-ring (bicyclic) bond motifs is 6. The van der Waals surface area contributed by atoms with Gasteiger partial charge in [0.2, 0.25) is 5.91 Å². The number of aliphatic hydroxyl groups is 1. The molecule has 2 aliphatic rings. The third kappa shape index (κ3) is 6.68. The Hall–Kier alpha value is -5.73. The summed E-state index contributed by atoms with van der Waals surface area (Å²) in [7, 11) is 0. The summed E-state index contributed by atoms with van der Waals surface area (Å²) in [4.78, 5) is 39.8. The number of rotatable bonds is 11. The molecule has 0 bridgehead atoms. The van der Waals surface area contributed by atoms with Gasteiger partial charge in [0.25, 0.3) is 0 Å². The lowest BCUT2D eigenvalue weighted by atomic mass is 9.98. The molecule has 0 saturated carbocycles. The van der Waals surface area contributed by atoms with Crippen molar-refractivity contribution in [3.8, 4) is 22.3 Å². The smallest absolute Gasteiger partial charge is 0.407 e. The average Bonchev–Trinajstić information content (AvgIpc) is 3.64. The molecule has 8 heteroatoms. The predicted molar refractivity (Wildman–Crippen MR) is 187 cm³/mol. The molecule has 5 aromatic carbocycles. The van der Waals surface area contributed by atoms with E-state index in [1.54, 1.807) is 24.3 Å². The number of carbonyl (C=O) groups excluding carboxylic acids is 3. The van der Waals surface area contributed by atoms with Gasteiger partial charge in [-0.25, -0.2) is 9.59 Å². The van der Waals surface area contributed by atoms with Crippen LogP contribution in [0.25, 0.3) is 22.3 Å². The van der Waals surface area contributed by atoms with Gasteiger partial charge in [0, 0.05) is 23.9 Å². The van der Waals surface area contributed by atoms with Crippen LogP contribution >= 0.6 is 0 Å². The highest BCUT2D eigenvalue weighted by Gasteiger charge is 2.32. The Morgan fingerprint density at radius 1 is 0.612 bits per heavy atom. The second-order valence-corrected chi connectivity index (χ2v) is 12.3. The highest BCUT2D eigenvalue weighted by molar-refractivity contribution is 5.91. The third-order valence-electron chi connectivity index (χ3n) is 9.36. The second-order valence-electron chi connectivity index (χ2n) is 12.3. The number of hydrogen-bond donors (Lipinski definition) is 3. The van der Waals surface area contributed by atoms with E-state index in [0.717, 1.165) is 50.1 Å². The van der Waals surface area contributed by atoms with E-state index < -0.39 is 18.1 Å². The minimum Gasteiger partial charge on any atom is -0.463 e. The lowest BCUT2D eigenvalue weighted by Crippen LogP contribution is -2.43. The Morgan fingerprint density at radius 3 is 1.53 bits per heavy atom. The van der Waals surface area contributed by atoms with Crippen LogP contribution in [0.3, 0.4) is 0 Å². The van der Waals surface area contributed by atoms with E-state index in [0.29, 0.717) is 5.69 Å². The van der Waals surface area contributed by atoms with Crippen LogP contribution in [-0.2, 0) is 25.7 Å². The van der Waals surface area contributed by atoms with Gasteiger partial charge >= 0.3 is 12.1 Å². The quantitative estimate of drug-likeness (QED) is 0.131. The molecule has 5 aromatic rings. The van der Waals surface area contributed by atoms with Crippen molar-refractivity contribution in [3.63, 3.8) is 0 Å². The molecule has 1 atom stereocenters. The van der Waals surface area contributed by atoms with Crippen LogP contribution in [-0.4, -0.2) is 42.3 Å². The Bertz CT molecular complexity index is 1910. The van der Waals surface area contributed by atoms with Gasteiger partial charge in [-0.1, -0.05) is 109 Å². The fourth-order valence-electron chi connectivity index (χ4n) is 6.93. The van der Waals surface area contributed by atoms with E-state index in [1.807, 2.05) is 72.8 Å². The van der Waals surface area contributed by atoms with Crippen molar-refractivity contribution in [2.24, 2.45) is 0 Å². The topological polar surface area (TPSA) is 114 Å². The number of aliphatic hydroxyl groups excluding tert-OH is 1. The van der Waals surface area contributed by atoms with E-state index >= 15 is 0 Å². The zero-order valence-corrected chi connectivity index (χ0v) is 26.8. The van der Waals surface area contributed by atoms with Gasteiger partial charge < -0.3 is 25.2 Å². The molecule has 3 N–H and O–H groups in total. The molecule has 8 nitrogen and oxygen atoms in total. The Kier molecular flexibility index (Phi) is 9.21. The molecule has 0 fully saturated rings. The van der Waals surface area contributed by atoms with Crippen molar-refractivity contribution in [2.75, 3.05) is 18.5 Å². The maximum atomic E-state index is 13.6. The molecular weight excluding hydrogens is 616 g/mol. The van der Waals surface area contributed by atoms with E-state index in [9.17, 15) is 19.5 Å². The maximum Gasteiger partial charge on any atom is 0.407 e. The third-order valence-corrected chi connectivity index (χ3v) is 9.36. The Morgan fingerprint density at radius 2 is 1.06 bits per heavy atom.